The van der Waals surface area contributed by atoms with Gasteiger partial charge in [-0.2, -0.15) is 0 Å². The number of nitrogens with zero attached hydrogens (tertiary/aromatic N) is 2. The van der Waals surface area contributed by atoms with Crippen LogP contribution >= 0.6 is 0 Å². The van der Waals surface area contributed by atoms with Gasteiger partial charge in [0.05, 0.1) is 31.0 Å². The molecule has 0 fully saturated rings. The summed E-state index contributed by atoms with van der Waals surface area (Å²) >= 11 is 0. The van der Waals surface area contributed by atoms with Crippen LogP contribution in [-0.2, 0) is 13.0 Å². The van der Waals surface area contributed by atoms with E-state index in [0.717, 1.165) is 28.4 Å². The Bertz CT molecular complexity index is 1100. The molecule has 0 bridgehead atoms. The van der Waals surface area contributed by atoms with Crippen LogP contribution in [-0.4, -0.2) is 35.7 Å². The van der Waals surface area contributed by atoms with Gasteiger partial charge >= 0.3 is 0 Å². The standard InChI is InChI=1S/C23H23N3O4/c1-28-17-8-10-18(11-9-17)29-16-14-26-20-6-3-2-5-19(20)25-22(26)12-13-24-23(27)21-7-4-15-30-21/h2-11,15H,12-14,16H2,1H3,(H,24,27). The Labute approximate surface area is 174 Å². The van der Waals surface area contributed by atoms with Gasteiger partial charge in [0.25, 0.3) is 5.91 Å². The number of carbonyl (C=O) groups excluding carboxylic acids is 1. The maximum absolute atomic E-state index is 12.1. The number of nitrogens with one attached hydrogen (secondary N) is 1. The number of imidazole rings is 1. The number of methoxy groups -OCH3 is 1. The van der Waals surface area contributed by atoms with Crippen LogP contribution in [0.25, 0.3) is 11.0 Å². The fraction of sp³-hybridized carbons (Fsp3) is 0.217. The lowest BCUT2D eigenvalue weighted by Crippen LogP contribution is -2.26. The molecule has 0 saturated heterocycles. The highest BCUT2D eigenvalue weighted by molar-refractivity contribution is 5.91. The summed E-state index contributed by atoms with van der Waals surface area (Å²) in [6, 6.07) is 18.8. The second-order valence-corrected chi connectivity index (χ2v) is 6.68. The molecule has 0 aliphatic carbocycles. The Balaban J connectivity index is 1.41. The van der Waals surface area contributed by atoms with Gasteiger partial charge in [0, 0.05) is 13.0 Å². The van der Waals surface area contributed by atoms with Crippen LogP contribution in [0.5, 0.6) is 11.5 Å². The van der Waals surface area contributed by atoms with E-state index in [0.29, 0.717) is 31.9 Å². The molecule has 2 aromatic carbocycles. The lowest BCUT2D eigenvalue weighted by atomic mass is 10.3. The van der Waals surface area contributed by atoms with Gasteiger partial charge in [-0.25, -0.2) is 4.98 Å². The number of ether oxygens (including phenoxy) is 2. The Kier molecular flexibility index (Phi) is 5.98. The van der Waals surface area contributed by atoms with Gasteiger partial charge in [-0.3, -0.25) is 4.79 Å². The largest absolute Gasteiger partial charge is 0.497 e. The zero-order chi connectivity index (χ0) is 20.8. The van der Waals surface area contributed by atoms with Crippen LogP contribution < -0.4 is 14.8 Å². The van der Waals surface area contributed by atoms with Crippen LogP contribution in [0.1, 0.15) is 16.4 Å². The zero-order valence-corrected chi connectivity index (χ0v) is 16.7. The van der Waals surface area contributed by atoms with Crippen molar-refractivity contribution in [3.8, 4) is 11.5 Å². The molecule has 7 nitrogen and oxygen atoms in total. The number of hydrogen-bond donors (Lipinski definition) is 1. The van der Waals surface area contributed by atoms with Crippen molar-refractivity contribution in [3.63, 3.8) is 0 Å². The van der Waals surface area contributed by atoms with Crippen molar-refractivity contribution in [1.29, 1.82) is 0 Å². The van der Waals surface area contributed by atoms with Crippen molar-refractivity contribution < 1.29 is 18.7 Å². The molecule has 2 heterocycles. The molecule has 0 aliphatic heterocycles. The number of hydrogen-bond acceptors (Lipinski definition) is 5. The molecule has 1 amide bonds. The topological polar surface area (TPSA) is 78.5 Å². The Morgan fingerprint density at radius 2 is 1.87 bits per heavy atom. The third kappa shape index (κ3) is 4.46. The maximum atomic E-state index is 12.1. The number of furan rings is 1. The molecule has 2 aromatic heterocycles. The third-order valence-electron chi connectivity index (χ3n) is 4.76. The van der Waals surface area contributed by atoms with Gasteiger partial charge in [-0.1, -0.05) is 12.1 Å². The fourth-order valence-corrected chi connectivity index (χ4v) is 3.28. The van der Waals surface area contributed by atoms with Gasteiger partial charge in [0.1, 0.15) is 23.9 Å². The molecule has 30 heavy (non-hydrogen) atoms. The van der Waals surface area contributed by atoms with Crippen molar-refractivity contribution in [2.24, 2.45) is 0 Å². The van der Waals surface area contributed by atoms with Crippen LogP contribution in [0.4, 0.5) is 0 Å². The number of amides is 1. The minimum absolute atomic E-state index is 0.231. The highest BCUT2D eigenvalue weighted by atomic mass is 16.5. The summed E-state index contributed by atoms with van der Waals surface area (Å²) in [4.78, 5) is 16.8. The highest BCUT2D eigenvalue weighted by Crippen LogP contribution is 2.19. The molecular formula is C23H23N3O4. The first-order chi connectivity index (χ1) is 14.7. The van der Waals surface area contributed by atoms with Crippen molar-refractivity contribution >= 4 is 16.9 Å². The molecule has 4 aromatic rings. The number of para-hydroxylation sites is 2. The maximum Gasteiger partial charge on any atom is 0.286 e. The van der Waals surface area contributed by atoms with E-state index >= 15 is 0 Å². The van der Waals surface area contributed by atoms with E-state index in [1.807, 2.05) is 48.5 Å². The molecule has 4 rings (SSSR count). The predicted octanol–water partition coefficient (Wildman–Crippen LogP) is 3.69. The summed E-state index contributed by atoms with van der Waals surface area (Å²) in [5.41, 5.74) is 1.97. The molecule has 7 heteroatoms. The van der Waals surface area contributed by atoms with Gasteiger partial charge < -0.3 is 23.8 Å². The van der Waals surface area contributed by atoms with Gasteiger partial charge in [0.15, 0.2) is 5.76 Å². The Hall–Kier alpha value is -3.74. The predicted molar refractivity (Wildman–Crippen MR) is 113 cm³/mol. The van der Waals surface area contributed by atoms with E-state index in [9.17, 15) is 4.79 Å². The minimum atomic E-state index is -0.231. The van der Waals surface area contributed by atoms with Crippen molar-refractivity contribution in [2.45, 2.75) is 13.0 Å². The molecule has 0 spiro atoms. The third-order valence-corrected chi connectivity index (χ3v) is 4.76. The first-order valence-electron chi connectivity index (χ1n) is 9.77. The summed E-state index contributed by atoms with van der Waals surface area (Å²) in [5.74, 6) is 2.55. The fourth-order valence-electron chi connectivity index (χ4n) is 3.28. The molecule has 154 valence electrons. The normalized spacial score (nSPS) is 10.8. The van der Waals surface area contributed by atoms with Crippen LogP contribution in [0.2, 0.25) is 0 Å². The SMILES string of the molecule is COc1ccc(OCCn2c(CCNC(=O)c3ccco3)nc3ccccc32)cc1. The smallest absolute Gasteiger partial charge is 0.286 e. The van der Waals surface area contributed by atoms with E-state index in [-0.39, 0.29) is 5.91 Å². The van der Waals surface area contributed by atoms with Crippen molar-refractivity contribution in [3.05, 3.63) is 78.5 Å². The van der Waals surface area contributed by atoms with E-state index in [1.54, 1.807) is 19.2 Å². The number of aromatic nitrogens is 2. The molecular weight excluding hydrogens is 382 g/mol. The summed E-state index contributed by atoms with van der Waals surface area (Å²) in [6.45, 7) is 1.61. The van der Waals surface area contributed by atoms with Gasteiger partial charge in [-0.15, -0.1) is 0 Å². The van der Waals surface area contributed by atoms with Crippen molar-refractivity contribution in [1.82, 2.24) is 14.9 Å². The van der Waals surface area contributed by atoms with Crippen LogP contribution in [0.15, 0.2) is 71.3 Å². The lowest BCUT2D eigenvalue weighted by molar-refractivity contribution is 0.0926. The lowest BCUT2D eigenvalue weighted by Gasteiger charge is -2.11. The number of fused-ring (bicyclic) bond motifs is 1. The van der Waals surface area contributed by atoms with E-state index in [4.69, 9.17) is 18.9 Å². The number of carbonyl (C=O) groups is 1. The minimum Gasteiger partial charge on any atom is -0.497 e. The van der Waals surface area contributed by atoms with Gasteiger partial charge in [0.2, 0.25) is 0 Å². The first-order valence-corrected chi connectivity index (χ1v) is 9.77. The molecule has 0 unspecified atom stereocenters. The summed E-state index contributed by atoms with van der Waals surface area (Å²) in [7, 11) is 1.64. The first kappa shape index (κ1) is 19.6. The highest BCUT2D eigenvalue weighted by Gasteiger charge is 2.12. The molecule has 0 radical (unpaired) electrons. The zero-order valence-electron chi connectivity index (χ0n) is 16.7. The van der Waals surface area contributed by atoms with E-state index < -0.39 is 0 Å². The monoisotopic (exact) mass is 405 g/mol. The van der Waals surface area contributed by atoms with Crippen LogP contribution in [0.3, 0.4) is 0 Å². The van der Waals surface area contributed by atoms with E-state index in [1.165, 1.54) is 6.26 Å². The number of rotatable bonds is 9. The number of benzene rings is 2. The Morgan fingerprint density at radius 1 is 1.07 bits per heavy atom. The van der Waals surface area contributed by atoms with Crippen LogP contribution in [0, 0.1) is 0 Å². The molecule has 0 atom stereocenters. The molecule has 1 N–H and O–H groups in total. The Morgan fingerprint density at radius 3 is 2.63 bits per heavy atom. The average molecular weight is 405 g/mol. The van der Waals surface area contributed by atoms with Crippen molar-refractivity contribution in [2.75, 3.05) is 20.3 Å². The summed E-state index contributed by atoms with van der Waals surface area (Å²) in [6.07, 6.45) is 2.08. The van der Waals surface area contributed by atoms with E-state index in [2.05, 4.69) is 9.88 Å². The molecule has 0 aliphatic rings. The second kappa shape index (κ2) is 9.17. The summed E-state index contributed by atoms with van der Waals surface area (Å²) < 4.78 is 18.3. The quantitative estimate of drug-likeness (QED) is 0.459. The molecule has 0 saturated carbocycles. The second-order valence-electron chi connectivity index (χ2n) is 6.68. The average Bonchev–Trinajstić information content (AvgIpc) is 3.43. The van der Waals surface area contributed by atoms with Gasteiger partial charge in [-0.05, 0) is 48.5 Å². The summed E-state index contributed by atoms with van der Waals surface area (Å²) in [5, 5.41) is 2.87.